The molecule has 0 aliphatic rings. The van der Waals surface area contributed by atoms with Crippen LogP contribution < -0.4 is 10.6 Å². The van der Waals surface area contributed by atoms with Gasteiger partial charge in [0.15, 0.2) is 0 Å². The summed E-state index contributed by atoms with van der Waals surface area (Å²) in [7, 11) is 0. The van der Waals surface area contributed by atoms with Crippen LogP contribution in [0.3, 0.4) is 0 Å². The van der Waals surface area contributed by atoms with Crippen LogP contribution in [-0.4, -0.2) is 6.03 Å². The lowest BCUT2D eigenvalue weighted by atomic mass is 10.2. The van der Waals surface area contributed by atoms with Gasteiger partial charge in [0, 0.05) is 16.4 Å². The fourth-order valence-corrected chi connectivity index (χ4v) is 1.56. The molecule has 3 nitrogen and oxygen atoms in total. The van der Waals surface area contributed by atoms with E-state index in [0.717, 1.165) is 15.7 Å². The number of benzene rings is 1. The maximum Gasteiger partial charge on any atom is 0.323 e. The van der Waals surface area contributed by atoms with Crippen LogP contribution in [0.15, 0.2) is 34.9 Å². The number of anilines is 1. The zero-order valence-corrected chi connectivity index (χ0v) is 10.3. The van der Waals surface area contributed by atoms with Gasteiger partial charge in [-0.15, -0.1) is 0 Å². The molecular weight excluding hydrogens is 256 g/mol. The van der Waals surface area contributed by atoms with Crippen molar-refractivity contribution in [3.8, 4) is 0 Å². The summed E-state index contributed by atoms with van der Waals surface area (Å²) in [5.74, 6) is 0. The number of carbonyl (C=O) groups excluding carboxylic acids is 1. The Morgan fingerprint density at radius 2 is 2.20 bits per heavy atom. The van der Waals surface area contributed by atoms with Gasteiger partial charge in [0.25, 0.3) is 0 Å². The lowest BCUT2D eigenvalue weighted by molar-refractivity contribution is 0.255. The number of rotatable bonds is 2. The highest BCUT2D eigenvalue weighted by molar-refractivity contribution is 9.10. The molecule has 15 heavy (non-hydrogen) atoms. The highest BCUT2D eigenvalue weighted by Gasteiger charge is 2.02. The van der Waals surface area contributed by atoms with Crippen molar-refractivity contribution < 1.29 is 4.79 Å². The van der Waals surface area contributed by atoms with Crippen molar-refractivity contribution in [2.45, 2.75) is 13.8 Å². The van der Waals surface area contributed by atoms with Crippen LogP contribution in [0.5, 0.6) is 0 Å². The molecule has 0 bridgehead atoms. The van der Waals surface area contributed by atoms with Crippen LogP contribution >= 0.6 is 15.9 Å². The number of urea groups is 1. The average Bonchev–Trinajstić information content (AvgIpc) is 2.19. The molecule has 0 aromatic heterocycles. The largest absolute Gasteiger partial charge is 0.323 e. The van der Waals surface area contributed by atoms with E-state index in [0.29, 0.717) is 0 Å². The third-order valence-corrected chi connectivity index (χ3v) is 2.31. The second kappa shape index (κ2) is 5.56. The molecule has 0 radical (unpaired) electrons. The molecule has 4 heteroatoms. The molecule has 1 aromatic rings. The van der Waals surface area contributed by atoms with Crippen LogP contribution in [0.4, 0.5) is 10.5 Å². The number of aryl methyl sites for hydroxylation is 1. The second-order valence-electron chi connectivity index (χ2n) is 3.06. The Morgan fingerprint density at radius 3 is 2.80 bits per heavy atom. The number of allylic oxidation sites excluding steroid dienone is 1. The van der Waals surface area contributed by atoms with E-state index in [-0.39, 0.29) is 6.03 Å². The van der Waals surface area contributed by atoms with E-state index < -0.39 is 0 Å². The molecule has 0 heterocycles. The van der Waals surface area contributed by atoms with E-state index in [1.54, 1.807) is 12.3 Å². The first-order valence-electron chi connectivity index (χ1n) is 4.58. The monoisotopic (exact) mass is 268 g/mol. The van der Waals surface area contributed by atoms with Crippen LogP contribution in [0.2, 0.25) is 0 Å². The van der Waals surface area contributed by atoms with E-state index in [2.05, 4.69) is 26.6 Å². The fraction of sp³-hybridized carbons (Fsp3) is 0.182. The molecule has 0 fully saturated rings. The molecule has 1 aromatic carbocycles. The van der Waals surface area contributed by atoms with E-state index in [9.17, 15) is 4.79 Å². The van der Waals surface area contributed by atoms with Crippen molar-refractivity contribution in [3.63, 3.8) is 0 Å². The van der Waals surface area contributed by atoms with Gasteiger partial charge in [-0.05, 0) is 37.6 Å². The van der Waals surface area contributed by atoms with Gasteiger partial charge in [0.1, 0.15) is 0 Å². The zero-order chi connectivity index (χ0) is 11.3. The summed E-state index contributed by atoms with van der Waals surface area (Å²) >= 11 is 3.36. The highest BCUT2D eigenvalue weighted by Crippen LogP contribution is 2.19. The number of carbonyl (C=O) groups is 1. The Balaban J connectivity index is 2.68. The molecule has 0 aliphatic heterocycles. The fourth-order valence-electron chi connectivity index (χ4n) is 1.08. The predicted octanol–water partition coefficient (Wildman–Crippen LogP) is 3.41. The Bertz CT molecular complexity index is 388. The third-order valence-electron chi connectivity index (χ3n) is 1.82. The number of hydrogen-bond donors (Lipinski definition) is 2. The van der Waals surface area contributed by atoms with E-state index in [1.165, 1.54) is 0 Å². The van der Waals surface area contributed by atoms with Crippen molar-refractivity contribution in [1.29, 1.82) is 0 Å². The average molecular weight is 269 g/mol. The van der Waals surface area contributed by atoms with Crippen LogP contribution in [0, 0.1) is 6.92 Å². The molecular formula is C11H13BrN2O. The third kappa shape index (κ3) is 3.75. The minimum absolute atomic E-state index is 0.237. The Labute approximate surface area is 97.7 Å². The van der Waals surface area contributed by atoms with Gasteiger partial charge in [-0.2, -0.15) is 0 Å². The standard InChI is InChI=1S/C11H13BrN2O/c1-3-6-13-11(15)14-10-5-4-9(12)7-8(10)2/h3-7H,1-2H3,(H2,13,14,15)/b6-3+. The minimum Gasteiger partial charge on any atom is -0.315 e. The van der Waals surface area contributed by atoms with Crippen molar-refractivity contribution in [2.24, 2.45) is 0 Å². The molecule has 0 unspecified atom stereocenters. The van der Waals surface area contributed by atoms with Gasteiger partial charge in [-0.1, -0.05) is 22.0 Å². The van der Waals surface area contributed by atoms with Crippen LogP contribution in [0.1, 0.15) is 12.5 Å². The first-order chi connectivity index (χ1) is 7.13. The van der Waals surface area contributed by atoms with Crippen molar-refractivity contribution in [2.75, 3.05) is 5.32 Å². The molecule has 2 amide bonds. The molecule has 2 N–H and O–H groups in total. The molecule has 0 spiro atoms. The van der Waals surface area contributed by atoms with Crippen molar-refractivity contribution in [3.05, 3.63) is 40.5 Å². The second-order valence-corrected chi connectivity index (χ2v) is 3.97. The molecule has 0 saturated carbocycles. The van der Waals surface area contributed by atoms with Crippen molar-refractivity contribution >= 4 is 27.6 Å². The summed E-state index contributed by atoms with van der Waals surface area (Å²) in [6, 6.07) is 5.46. The summed E-state index contributed by atoms with van der Waals surface area (Å²) < 4.78 is 0.999. The number of hydrogen-bond acceptors (Lipinski definition) is 1. The normalized spacial score (nSPS) is 10.3. The van der Waals surface area contributed by atoms with Gasteiger partial charge in [-0.25, -0.2) is 4.79 Å². The summed E-state index contributed by atoms with van der Waals surface area (Å²) in [6.07, 6.45) is 3.34. The number of amides is 2. The van der Waals surface area contributed by atoms with Gasteiger partial charge >= 0.3 is 6.03 Å². The summed E-state index contributed by atoms with van der Waals surface area (Å²) in [5, 5.41) is 5.33. The first kappa shape index (κ1) is 11.8. The topological polar surface area (TPSA) is 41.1 Å². The Kier molecular flexibility index (Phi) is 4.37. The van der Waals surface area contributed by atoms with Crippen molar-refractivity contribution in [1.82, 2.24) is 5.32 Å². The summed E-state index contributed by atoms with van der Waals surface area (Å²) in [6.45, 7) is 3.78. The maximum atomic E-state index is 11.3. The van der Waals surface area contributed by atoms with Gasteiger partial charge in [0.05, 0.1) is 0 Å². The minimum atomic E-state index is -0.237. The van der Waals surface area contributed by atoms with Crippen LogP contribution in [-0.2, 0) is 0 Å². The summed E-state index contributed by atoms with van der Waals surface area (Å²) in [5.41, 5.74) is 1.82. The van der Waals surface area contributed by atoms with Gasteiger partial charge < -0.3 is 10.6 Å². The first-order valence-corrected chi connectivity index (χ1v) is 5.37. The zero-order valence-electron chi connectivity index (χ0n) is 8.67. The number of nitrogens with one attached hydrogen (secondary N) is 2. The predicted molar refractivity (Wildman–Crippen MR) is 65.8 cm³/mol. The van der Waals surface area contributed by atoms with E-state index in [1.807, 2.05) is 32.0 Å². The maximum absolute atomic E-state index is 11.3. The quantitative estimate of drug-likeness (QED) is 0.848. The SMILES string of the molecule is C/C=C/NC(=O)Nc1ccc(Br)cc1C. The lowest BCUT2D eigenvalue weighted by Gasteiger charge is -2.07. The van der Waals surface area contributed by atoms with Gasteiger partial charge in [-0.3, -0.25) is 0 Å². The Hall–Kier alpha value is -1.29. The Morgan fingerprint density at radius 1 is 1.47 bits per heavy atom. The lowest BCUT2D eigenvalue weighted by Crippen LogP contribution is -2.24. The van der Waals surface area contributed by atoms with E-state index >= 15 is 0 Å². The molecule has 0 saturated heterocycles. The molecule has 0 aliphatic carbocycles. The number of halogens is 1. The highest BCUT2D eigenvalue weighted by atomic mass is 79.9. The smallest absolute Gasteiger partial charge is 0.315 e. The molecule has 0 atom stereocenters. The van der Waals surface area contributed by atoms with Crippen LogP contribution in [0.25, 0.3) is 0 Å². The van der Waals surface area contributed by atoms with Gasteiger partial charge in [0.2, 0.25) is 0 Å². The summed E-state index contributed by atoms with van der Waals surface area (Å²) in [4.78, 5) is 11.3. The molecule has 80 valence electrons. The van der Waals surface area contributed by atoms with E-state index in [4.69, 9.17) is 0 Å². The molecule has 1 rings (SSSR count).